The van der Waals surface area contributed by atoms with Crippen molar-refractivity contribution in [3.05, 3.63) is 0 Å². The third-order valence-corrected chi connectivity index (χ3v) is 8.28. The van der Waals surface area contributed by atoms with E-state index in [0.29, 0.717) is 0 Å². The molecule has 0 N–H and O–H groups in total. The molecule has 142 valence electrons. The Morgan fingerprint density at radius 1 is 0.880 bits per heavy atom. The molecule has 0 saturated heterocycles. The summed E-state index contributed by atoms with van der Waals surface area (Å²) >= 11 is 0. The predicted octanol–water partition coefficient (Wildman–Crippen LogP) is 7.51. The molecule has 6 atom stereocenters. The fraction of sp³-hybridized carbons (Fsp3) is 0.958. The van der Waals surface area contributed by atoms with E-state index >= 15 is 0 Å². The lowest BCUT2D eigenvalue weighted by Crippen LogP contribution is -2.44. The maximum atomic E-state index is 9.88. The Bertz CT molecular complexity index is 450. The van der Waals surface area contributed by atoms with Crippen molar-refractivity contribution >= 4 is 0 Å². The zero-order valence-corrected chi connectivity index (χ0v) is 16.9. The van der Waals surface area contributed by atoms with E-state index in [1.165, 1.54) is 89.9 Å². The molecule has 3 rings (SSSR count). The molecule has 3 saturated carbocycles. The molecule has 0 radical (unpaired) electrons. The Kier molecular flexibility index (Phi) is 6.87. The number of rotatable bonds is 7. The van der Waals surface area contributed by atoms with Crippen molar-refractivity contribution in [1.82, 2.24) is 0 Å². The van der Waals surface area contributed by atoms with Crippen LogP contribution in [0.2, 0.25) is 0 Å². The van der Waals surface area contributed by atoms with Crippen molar-refractivity contribution in [2.75, 3.05) is 0 Å². The zero-order chi connectivity index (χ0) is 17.7. The van der Waals surface area contributed by atoms with E-state index < -0.39 is 0 Å². The quantitative estimate of drug-likeness (QED) is 0.439. The molecule has 0 bridgehead atoms. The molecule has 0 spiro atoms. The maximum absolute atomic E-state index is 9.88. The highest BCUT2D eigenvalue weighted by Crippen LogP contribution is 2.57. The average molecular weight is 344 g/mol. The molecule has 3 aliphatic rings. The van der Waals surface area contributed by atoms with Crippen LogP contribution < -0.4 is 0 Å². The van der Waals surface area contributed by atoms with E-state index in [4.69, 9.17) is 0 Å². The van der Waals surface area contributed by atoms with Gasteiger partial charge in [0.05, 0.1) is 11.5 Å². The molecule has 0 aliphatic heterocycles. The van der Waals surface area contributed by atoms with Gasteiger partial charge in [0.25, 0.3) is 0 Å². The van der Waals surface area contributed by atoms with Crippen molar-refractivity contribution in [1.29, 1.82) is 5.26 Å². The van der Waals surface area contributed by atoms with Crippen LogP contribution in [0.25, 0.3) is 0 Å². The van der Waals surface area contributed by atoms with Crippen molar-refractivity contribution < 1.29 is 0 Å². The van der Waals surface area contributed by atoms with Gasteiger partial charge in [-0.2, -0.15) is 5.26 Å². The van der Waals surface area contributed by atoms with Gasteiger partial charge in [0.2, 0.25) is 0 Å². The monoisotopic (exact) mass is 343 g/mol. The SMILES string of the molecule is CCCCCC1CCC2C(CCC3CC(C#N)(CCCC)CCC32)C1. The first kappa shape index (κ1) is 19.3. The lowest BCUT2D eigenvalue weighted by atomic mass is 9.52. The number of fused-ring (bicyclic) bond motifs is 3. The standard InChI is InChI=1S/C24H41N/c1-3-5-7-8-19-9-12-22-20(16-19)10-11-21-17-24(18-25,14-6-4-2)15-13-23(21)22/h19-23H,3-17H2,1-2H3. The summed E-state index contributed by atoms with van der Waals surface area (Å²) in [6, 6.07) is 2.79. The van der Waals surface area contributed by atoms with E-state index in [1.807, 2.05) is 0 Å². The van der Waals surface area contributed by atoms with Crippen molar-refractivity contribution in [3.8, 4) is 6.07 Å². The van der Waals surface area contributed by atoms with Crippen molar-refractivity contribution in [2.24, 2.45) is 35.0 Å². The van der Waals surface area contributed by atoms with Crippen LogP contribution in [0.5, 0.6) is 0 Å². The van der Waals surface area contributed by atoms with Gasteiger partial charge < -0.3 is 0 Å². The van der Waals surface area contributed by atoms with Crippen LogP contribution in [0.4, 0.5) is 0 Å². The summed E-state index contributed by atoms with van der Waals surface area (Å²) in [4.78, 5) is 0. The minimum Gasteiger partial charge on any atom is -0.198 e. The summed E-state index contributed by atoms with van der Waals surface area (Å²) in [5.41, 5.74) is 0.0430. The minimum atomic E-state index is 0.0430. The van der Waals surface area contributed by atoms with Crippen LogP contribution in [-0.4, -0.2) is 0 Å². The van der Waals surface area contributed by atoms with E-state index in [9.17, 15) is 5.26 Å². The molecular weight excluding hydrogens is 302 g/mol. The number of unbranched alkanes of at least 4 members (excludes halogenated alkanes) is 3. The Labute approximate surface area is 157 Å². The lowest BCUT2D eigenvalue weighted by molar-refractivity contribution is -0.0181. The highest BCUT2D eigenvalue weighted by atomic mass is 14.5. The van der Waals surface area contributed by atoms with Gasteiger partial charge in [-0.25, -0.2) is 0 Å². The minimum absolute atomic E-state index is 0.0430. The number of hydrogen-bond donors (Lipinski definition) is 0. The van der Waals surface area contributed by atoms with Crippen LogP contribution in [0.3, 0.4) is 0 Å². The first-order chi connectivity index (χ1) is 12.2. The van der Waals surface area contributed by atoms with Gasteiger partial charge in [-0.15, -0.1) is 0 Å². The summed E-state index contributed by atoms with van der Waals surface area (Å²) in [5, 5.41) is 9.88. The lowest BCUT2D eigenvalue weighted by Gasteiger charge is -2.52. The van der Waals surface area contributed by atoms with Crippen LogP contribution in [0.15, 0.2) is 0 Å². The normalized spacial score (nSPS) is 40.8. The topological polar surface area (TPSA) is 23.8 Å². The third kappa shape index (κ3) is 4.43. The highest BCUT2D eigenvalue weighted by molar-refractivity contribution is 5.06. The van der Waals surface area contributed by atoms with Crippen LogP contribution in [0.1, 0.15) is 110 Å². The Morgan fingerprint density at radius 2 is 1.64 bits per heavy atom. The molecule has 6 unspecified atom stereocenters. The smallest absolute Gasteiger partial charge is 0.0689 e. The van der Waals surface area contributed by atoms with Crippen molar-refractivity contribution in [2.45, 2.75) is 110 Å². The van der Waals surface area contributed by atoms with Gasteiger partial charge in [0.15, 0.2) is 0 Å². The van der Waals surface area contributed by atoms with Crippen LogP contribution >= 0.6 is 0 Å². The fourth-order valence-corrected chi connectivity index (χ4v) is 6.87. The first-order valence-electron chi connectivity index (χ1n) is 11.6. The van der Waals surface area contributed by atoms with E-state index in [0.717, 1.165) is 36.0 Å². The van der Waals surface area contributed by atoms with Crippen LogP contribution in [-0.2, 0) is 0 Å². The second kappa shape index (κ2) is 8.92. The Balaban J connectivity index is 1.55. The Morgan fingerprint density at radius 3 is 2.40 bits per heavy atom. The molecule has 0 aromatic rings. The van der Waals surface area contributed by atoms with Gasteiger partial charge in [-0.05, 0) is 81.0 Å². The van der Waals surface area contributed by atoms with Gasteiger partial charge in [-0.3, -0.25) is 0 Å². The third-order valence-electron chi connectivity index (χ3n) is 8.28. The molecule has 0 aromatic heterocycles. The number of nitriles is 1. The Hall–Kier alpha value is -0.510. The van der Waals surface area contributed by atoms with Crippen LogP contribution in [0, 0.1) is 46.3 Å². The molecule has 0 aromatic carbocycles. The molecular formula is C24H41N. The average Bonchev–Trinajstić information content (AvgIpc) is 2.66. The number of nitrogens with zero attached hydrogens (tertiary/aromatic N) is 1. The first-order valence-corrected chi connectivity index (χ1v) is 11.6. The highest BCUT2D eigenvalue weighted by Gasteiger charge is 2.48. The second-order valence-corrected chi connectivity index (χ2v) is 9.84. The zero-order valence-electron chi connectivity index (χ0n) is 16.9. The summed E-state index contributed by atoms with van der Waals surface area (Å²) in [6.07, 6.45) is 20.7. The molecule has 3 aliphatic carbocycles. The van der Waals surface area contributed by atoms with Gasteiger partial charge in [0.1, 0.15) is 0 Å². The van der Waals surface area contributed by atoms with Gasteiger partial charge >= 0.3 is 0 Å². The van der Waals surface area contributed by atoms with Gasteiger partial charge in [0, 0.05) is 0 Å². The molecule has 0 amide bonds. The molecule has 1 heteroatoms. The largest absolute Gasteiger partial charge is 0.198 e. The fourth-order valence-electron chi connectivity index (χ4n) is 6.87. The predicted molar refractivity (Wildman–Crippen MR) is 106 cm³/mol. The van der Waals surface area contributed by atoms with Gasteiger partial charge in [-0.1, -0.05) is 58.8 Å². The molecule has 1 nitrogen and oxygen atoms in total. The molecule has 25 heavy (non-hydrogen) atoms. The van der Waals surface area contributed by atoms with E-state index in [2.05, 4.69) is 19.9 Å². The maximum Gasteiger partial charge on any atom is 0.0689 e. The number of hydrogen-bond acceptors (Lipinski definition) is 1. The summed E-state index contributed by atoms with van der Waals surface area (Å²) in [6.45, 7) is 4.59. The summed E-state index contributed by atoms with van der Waals surface area (Å²) in [5.74, 6) is 4.94. The van der Waals surface area contributed by atoms with E-state index in [1.54, 1.807) is 0 Å². The molecule has 3 fully saturated rings. The molecule has 0 heterocycles. The van der Waals surface area contributed by atoms with E-state index in [-0.39, 0.29) is 5.41 Å². The van der Waals surface area contributed by atoms with Crippen molar-refractivity contribution in [3.63, 3.8) is 0 Å². The summed E-state index contributed by atoms with van der Waals surface area (Å²) < 4.78 is 0. The second-order valence-electron chi connectivity index (χ2n) is 9.84. The summed E-state index contributed by atoms with van der Waals surface area (Å²) in [7, 11) is 0.